The Labute approximate surface area is 187 Å². The Kier molecular flexibility index (Phi) is 6.08. The number of anilines is 1. The summed E-state index contributed by atoms with van der Waals surface area (Å²) in [4.78, 5) is 45.4. The van der Waals surface area contributed by atoms with Crippen molar-refractivity contribution >= 4 is 28.5 Å². The number of nitrogens with one attached hydrogen (secondary N) is 1. The van der Waals surface area contributed by atoms with Gasteiger partial charge in [0, 0.05) is 30.7 Å². The van der Waals surface area contributed by atoms with E-state index in [1.54, 1.807) is 21.6 Å². The topological polar surface area (TPSA) is 84.3 Å². The van der Waals surface area contributed by atoms with Gasteiger partial charge in [-0.15, -0.1) is 0 Å². The Morgan fingerprint density at radius 2 is 1.78 bits per heavy atom. The minimum Gasteiger partial charge on any atom is -0.338 e. The molecule has 3 heterocycles. The quantitative estimate of drug-likeness (QED) is 0.683. The van der Waals surface area contributed by atoms with Gasteiger partial charge in [0.05, 0.1) is 5.39 Å². The van der Waals surface area contributed by atoms with E-state index in [9.17, 15) is 14.4 Å². The van der Waals surface area contributed by atoms with E-state index in [4.69, 9.17) is 0 Å². The van der Waals surface area contributed by atoms with E-state index in [-0.39, 0.29) is 29.4 Å². The summed E-state index contributed by atoms with van der Waals surface area (Å²) in [7, 11) is 0. The number of pyridine rings is 2. The first kappa shape index (κ1) is 21.7. The average Bonchev–Trinajstić information content (AvgIpc) is 2.78. The van der Waals surface area contributed by atoms with Crippen molar-refractivity contribution in [2.75, 3.05) is 18.4 Å². The number of carbonyl (C=O) groups is 2. The molecule has 0 spiro atoms. The van der Waals surface area contributed by atoms with Gasteiger partial charge < -0.3 is 14.8 Å². The van der Waals surface area contributed by atoms with Gasteiger partial charge in [0.2, 0.25) is 11.3 Å². The molecule has 0 atom stereocenters. The third kappa shape index (κ3) is 4.42. The lowest BCUT2D eigenvalue weighted by Gasteiger charge is -2.26. The average molecular weight is 433 g/mol. The smallest absolute Gasteiger partial charge is 0.259 e. The fourth-order valence-corrected chi connectivity index (χ4v) is 4.12. The number of aromatic nitrogens is 2. The van der Waals surface area contributed by atoms with Gasteiger partial charge in [-0.25, -0.2) is 4.98 Å². The number of fused-ring (bicyclic) bond motifs is 1. The normalized spacial score (nSPS) is 13.9. The molecule has 0 bridgehead atoms. The molecule has 7 heteroatoms. The third-order valence-corrected chi connectivity index (χ3v) is 5.92. The first-order valence-electron chi connectivity index (χ1n) is 11.0. The number of hydrogen-bond acceptors (Lipinski definition) is 4. The predicted molar refractivity (Wildman–Crippen MR) is 125 cm³/mol. The fourth-order valence-electron chi connectivity index (χ4n) is 4.12. The maximum Gasteiger partial charge on any atom is 0.259 e. The predicted octanol–water partition coefficient (Wildman–Crippen LogP) is 3.59. The molecular formula is C25H28N4O3. The number of carbonyl (C=O) groups excluding carboxylic acids is 2. The summed E-state index contributed by atoms with van der Waals surface area (Å²) >= 11 is 0. The molecule has 0 saturated carbocycles. The third-order valence-electron chi connectivity index (χ3n) is 5.92. The highest BCUT2D eigenvalue weighted by molar-refractivity contribution is 5.98. The first-order valence-corrected chi connectivity index (χ1v) is 11.0. The molecule has 1 aliphatic heterocycles. The fraction of sp³-hybridized carbons (Fsp3) is 0.360. The maximum atomic E-state index is 13.1. The first-order chi connectivity index (χ1) is 15.3. The minimum atomic E-state index is -0.339. The van der Waals surface area contributed by atoms with Crippen molar-refractivity contribution in [1.82, 2.24) is 14.5 Å². The molecule has 4 rings (SSSR count). The number of hydrogen-bond donors (Lipinski definition) is 1. The second-order valence-corrected chi connectivity index (χ2v) is 8.54. The van der Waals surface area contributed by atoms with Gasteiger partial charge in [-0.1, -0.05) is 12.1 Å². The van der Waals surface area contributed by atoms with Crippen LogP contribution in [0.3, 0.4) is 0 Å². The van der Waals surface area contributed by atoms with E-state index >= 15 is 0 Å². The van der Waals surface area contributed by atoms with E-state index in [1.165, 1.54) is 6.20 Å². The number of aryl methyl sites for hydroxylation is 3. The van der Waals surface area contributed by atoms with Crippen LogP contribution in [-0.2, 0) is 11.3 Å². The molecule has 1 aromatic carbocycles. The van der Waals surface area contributed by atoms with Gasteiger partial charge in [-0.3, -0.25) is 14.4 Å². The molecular weight excluding hydrogens is 404 g/mol. The molecule has 7 nitrogen and oxygen atoms in total. The van der Waals surface area contributed by atoms with Crippen LogP contribution >= 0.6 is 0 Å². The summed E-state index contributed by atoms with van der Waals surface area (Å²) in [6, 6.07) is 9.31. The highest BCUT2D eigenvalue weighted by Gasteiger charge is 2.23. The van der Waals surface area contributed by atoms with Crippen molar-refractivity contribution < 1.29 is 9.59 Å². The molecule has 0 unspecified atom stereocenters. The zero-order valence-electron chi connectivity index (χ0n) is 18.8. The molecule has 3 aromatic rings. The Hall–Kier alpha value is -3.48. The van der Waals surface area contributed by atoms with Gasteiger partial charge in [0.15, 0.2) is 0 Å². The largest absolute Gasteiger partial charge is 0.338 e. The molecule has 1 N–H and O–H groups in total. The van der Waals surface area contributed by atoms with Crippen LogP contribution in [0.25, 0.3) is 11.0 Å². The van der Waals surface area contributed by atoms with Crippen LogP contribution in [0.15, 0.2) is 41.3 Å². The summed E-state index contributed by atoms with van der Waals surface area (Å²) in [6.45, 7) is 6.98. The number of piperidine rings is 1. The van der Waals surface area contributed by atoms with Gasteiger partial charge >= 0.3 is 0 Å². The van der Waals surface area contributed by atoms with Crippen LogP contribution in [-0.4, -0.2) is 39.4 Å². The van der Waals surface area contributed by atoms with Crippen LogP contribution in [0.2, 0.25) is 0 Å². The SMILES string of the molecule is Cc1ccc(C)c(NC(=O)Cn2cc(C(=O)N3CCCCC3)c(=O)c3ccc(C)nc32)c1. The van der Waals surface area contributed by atoms with Crippen LogP contribution in [0.4, 0.5) is 5.69 Å². The molecule has 0 radical (unpaired) electrons. The van der Waals surface area contributed by atoms with Crippen molar-refractivity contribution in [3.05, 3.63) is 69.1 Å². The van der Waals surface area contributed by atoms with Crippen molar-refractivity contribution in [2.24, 2.45) is 0 Å². The molecule has 0 aliphatic carbocycles. The van der Waals surface area contributed by atoms with Crippen molar-refractivity contribution in [3.8, 4) is 0 Å². The zero-order chi connectivity index (χ0) is 22.8. The summed E-state index contributed by atoms with van der Waals surface area (Å²) in [5.41, 5.74) is 3.64. The van der Waals surface area contributed by atoms with Crippen molar-refractivity contribution in [3.63, 3.8) is 0 Å². The molecule has 1 aliphatic rings. The molecule has 2 amide bonds. The summed E-state index contributed by atoms with van der Waals surface area (Å²) in [5, 5.41) is 3.29. The minimum absolute atomic E-state index is 0.0547. The Bertz CT molecular complexity index is 1260. The second-order valence-electron chi connectivity index (χ2n) is 8.54. The van der Waals surface area contributed by atoms with Gasteiger partial charge in [0.25, 0.3) is 5.91 Å². The summed E-state index contributed by atoms with van der Waals surface area (Å²) in [5.74, 6) is -0.524. The lowest BCUT2D eigenvalue weighted by Crippen LogP contribution is -2.38. The van der Waals surface area contributed by atoms with Crippen molar-refractivity contribution in [2.45, 2.75) is 46.6 Å². The van der Waals surface area contributed by atoms with Crippen molar-refractivity contribution in [1.29, 1.82) is 0 Å². The van der Waals surface area contributed by atoms with E-state index < -0.39 is 0 Å². The highest BCUT2D eigenvalue weighted by Crippen LogP contribution is 2.18. The van der Waals surface area contributed by atoms with Crippen LogP contribution in [0, 0.1) is 20.8 Å². The van der Waals surface area contributed by atoms with Crippen LogP contribution in [0.5, 0.6) is 0 Å². The number of benzene rings is 1. The van der Waals surface area contributed by atoms with Crippen LogP contribution < -0.4 is 10.7 Å². The molecule has 1 fully saturated rings. The number of likely N-dealkylation sites (tertiary alicyclic amines) is 1. The van der Waals surface area contributed by atoms with E-state index in [0.717, 1.165) is 41.8 Å². The Morgan fingerprint density at radius 1 is 1.03 bits per heavy atom. The van der Waals surface area contributed by atoms with E-state index in [0.29, 0.717) is 24.1 Å². The monoisotopic (exact) mass is 432 g/mol. The highest BCUT2D eigenvalue weighted by atomic mass is 16.2. The van der Waals surface area contributed by atoms with E-state index in [1.807, 2.05) is 39.0 Å². The maximum absolute atomic E-state index is 13.1. The molecule has 2 aromatic heterocycles. The lowest BCUT2D eigenvalue weighted by atomic mass is 10.1. The lowest BCUT2D eigenvalue weighted by molar-refractivity contribution is -0.116. The number of amides is 2. The molecule has 166 valence electrons. The van der Waals surface area contributed by atoms with E-state index in [2.05, 4.69) is 10.3 Å². The van der Waals surface area contributed by atoms with Gasteiger partial charge in [-0.2, -0.15) is 0 Å². The van der Waals surface area contributed by atoms with Gasteiger partial charge in [0.1, 0.15) is 17.8 Å². The molecule has 32 heavy (non-hydrogen) atoms. The number of rotatable bonds is 4. The summed E-state index contributed by atoms with van der Waals surface area (Å²) in [6.07, 6.45) is 4.46. The second kappa shape index (κ2) is 8.94. The molecule has 1 saturated heterocycles. The standard InChI is InChI=1S/C25H28N4O3/c1-16-7-8-17(2)21(13-16)27-22(30)15-29-14-20(25(32)28-11-5-4-6-12-28)23(31)19-10-9-18(3)26-24(19)29/h7-10,13-14H,4-6,11-12,15H2,1-3H3,(H,27,30). The number of nitrogens with zero attached hydrogens (tertiary/aromatic N) is 3. The Balaban J connectivity index is 1.72. The summed E-state index contributed by atoms with van der Waals surface area (Å²) < 4.78 is 1.61. The Morgan fingerprint density at radius 3 is 2.53 bits per heavy atom. The van der Waals surface area contributed by atoms with Crippen LogP contribution in [0.1, 0.15) is 46.4 Å². The zero-order valence-corrected chi connectivity index (χ0v) is 18.8. The van der Waals surface area contributed by atoms with Gasteiger partial charge in [-0.05, 0) is 69.4 Å².